The van der Waals surface area contributed by atoms with Crippen molar-refractivity contribution in [3.8, 4) is 11.3 Å². The molecule has 132 valence electrons. The highest BCUT2D eigenvalue weighted by molar-refractivity contribution is 7.86. The molecule has 1 aromatic carbocycles. The summed E-state index contributed by atoms with van der Waals surface area (Å²) in [5.74, 6) is 0. The summed E-state index contributed by atoms with van der Waals surface area (Å²) >= 11 is 0. The van der Waals surface area contributed by atoms with E-state index in [1.807, 2.05) is 30.3 Å². The zero-order valence-electron chi connectivity index (χ0n) is 14.6. The summed E-state index contributed by atoms with van der Waals surface area (Å²) in [4.78, 5) is 0. The van der Waals surface area contributed by atoms with Gasteiger partial charge < -0.3 is 0 Å². The van der Waals surface area contributed by atoms with Crippen molar-refractivity contribution in [1.82, 2.24) is 18.8 Å². The van der Waals surface area contributed by atoms with Gasteiger partial charge in [0.25, 0.3) is 10.2 Å². The minimum absolute atomic E-state index is 0.540. The molecule has 0 saturated heterocycles. The first-order chi connectivity index (χ1) is 11.4. The number of unbranched alkanes of at least 4 members (excludes halogenated alkanes) is 2. The maximum absolute atomic E-state index is 11.9. The van der Waals surface area contributed by atoms with Crippen molar-refractivity contribution in [2.24, 2.45) is 0 Å². The Labute approximate surface area is 144 Å². The van der Waals surface area contributed by atoms with Crippen LogP contribution in [-0.4, -0.2) is 54.9 Å². The van der Waals surface area contributed by atoms with Gasteiger partial charge in [0.1, 0.15) is 0 Å². The molecule has 24 heavy (non-hydrogen) atoms. The second-order valence-corrected chi connectivity index (χ2v) is 8.32. The molecule has 0 atom stereocenters. The summed E-state index contributed by atoms with van der Waals surface area (Å²) in [6.45, 7) is 0.540. The zero-order valence-corrected chi connectivity index (χ0v) is 15.4. The number of hydrogen-bond acceptors (Lipinski definition) is 3. The third-order valence-electron chi connectivity index (χ3n) is 3.97. The quantitative estimate of drug-likeness (QED) is 0.707. The number of benzene rings is 1. The molecule has 0 spiro atoms. The predicted molar refractivity (Wildman–Crippen MR) is 96.8 cm³/mol. The largest absolute Gasteiger partial charge is 0.282 e. The topological polar surface area (TPSA) is 69.3 Å². The van der Waals surface area contributed by atoms with E-state index < -0.39 is 10.2 Å². The molecule has 0 fully saturated rings. The lowest BCUT2D eigenvalue weighted by molar-refractivity contribution is 0.407. The van der Waals surface area contributed by atoms with Gasteiger partial charge in [-0.2, -0.15) is 22.1 Å². The van der Waals surface area contributed by atoms with Crippen molar-refractivity contribution in [3.05, 3.63) is 42.1 Å². The lowest BCUT2D eigenvalue weighted by atomic mass is 10.1. The standard InChI is InChI=1S/C17H26N4O2S/c1-20(2)24(22,23)21(3)13-9-5-8-12-16-14-17(19-18-16)15-10-6-4-7-11-15/h4,6-7,10-11,14H,5,8-9,12-13H2,1-3H3,(H,18,19). The third-order valence-corrected chi connectivity index (χ3v) is 5.87. The van der Waals surface area contributed by atoms with Crippen LogP contribution < -0.4 is 0 Å². The molecule has 1 heterocycles. The maximum atomic E-state index is 11.9. The first kappa shape index (κ1) is 18.6. The van der Waals surface area contributed by atoms with Gasteiger partial charge in [0.15, 0.2) is 0 Å². The average Bonchev–Trinajstić information content (AvgIpc) is 3.04. The summed E-state index contributed by atoms with van der Waals surface area (Å²) in [7, 11) is 1.43. The second kappa shape index (κ2) is 8.41. The van der Waals surface area contributed by atoms with Gasteiger partial charge >= 0.3 is 0 Å². The monoisotopic (exact) mass is 350 g/mol. The molecule has 2 rings (SSSR count). The fraction of sp³-hybridized carbons (Fsp3) is 0.471. The SMILES string of the molecule is CN(C)S(=O)(=O)N(C)CCCCCc1cc(-c2ccccc2)n[nH]1. The molecular formula is C17H26N4O2S. The van der Waals surface area contributed by atoms with Crippen LogP contribution in [0.1, 0.15) is 25.0 Å². The molecular weight excluding hydrogens is 324 g/mol. The van der Waals surface area contributed by atoms with Gasteiger partial charge in [0, 0.05) is 38.9 Å². The van der Waals surface area contributed by atoms with E-state index in [-0.39, 0.29) is 0 Å². The van der Waals surface area contributed by atoms with Gasteiger partial charge in [-0.3, -0.25) is 5.10 Å². The highest BCUT2D eigenvalue weighted by Gasteiger charge is 2.19. The highest BCUT2D eigenvalue weighted by Crippen LogP contribution is 2.18. The zero-order chi connectivity index (χ0) is 17.6. The molecule has 2 aromatic rings. The van der Waals surface area contributed by atoms with Crippen LogP contribution in [-0.2, 0) is 16.6 Å². The molecule has 0 aliphatic heterocycles. The van der Waals surface area contributed by atoms with Crippen LogP contribution in [0.25, 0.3) is 11.3 Å². The number of H-pyrrole nitrogens is 1. The van der Waals surface area contributed by atoms with E-state index in [1.54, 1.807) is 21.1 Å². The van der Waals surface area contributed by atoms with E-state index in [1.165, 1.54) is 8.61 Å². The second-order valence-electron chi connectivity index (χ2n) is 6.07. The molecule has 1 aromatic heterocycles. The Hall–Kier alpha value is -1.70. The lowest BCUT2D eigenvalue weighted by Crippen LogP contribution is -2.37. The van der Waals surface area contributed by atoms with Gasteiger partial charge in [-0.05, 0) is 25.3 Å². The van der Waals surface area contributed by atoms with Gasteiger partial charge in [0.2, 0.25) is 0 Å². The van der Waals surface area contributed by atoms with Crippen LogP contribution in [0.5, 0.6) is 0 Å². The fourth-order valence-corrected chi connectivity index (χ4v) is 3.38. The van der Waals surface area contributed by atoms with Crippen molar-refractivity contribution in [2.75, 3.05) is 27.7 Å². The minimum atomic E-state index is -3.29. The molecule has 0 unspecified atom stereocenters. The smallest absolute Gasteiger partial charge is 0.281 e. The Bertz CT molecular complexity index is 726. The highest BCUT2D eigenvalue weighted by atomic mass is 32.2. The molecule has 0 radical (unpaired) electrons. The van der Waals surface area contributed by atoms with E-state index in [9.17, 15) is 8.42 Å². The first-order valence-corrected chi connectivity index (χ1v) is 9.54. The number of aryl methyl sites for hydroxylation is 1. The normalized spacial score (nSPS) is 12.2. The Balaban J connectivity index is 1.73. The predicted octanol–water partition coefficient (Wildman–Crippen LogP) is 2.53. The van der Waals surface area contributed by atoms with E-state index >= 15 is 0 Å². The van der Waals surface area contributed by atoms with E-state index in [4.69, 9.17) is 0 Å². The van der Waals surface area contributed by atoms with Crippen molar-refractivity contribution >= 4 is 10.2 Å². The van der Waals surface area contributed by atoms with Gasteiger partial charge in [-0.1, -0.05) is 36.8 Å². The van der Waals surface area contributed by atoms with Crippen LogP contribution in [0.3, 0.4) is 0 Å². The summed E-state index contributed by atoms with van der Waals surface area (Å²) in [6, 6.07) is 12.2. The minimum Gasteiger partial charge on any atom is -0.282 e. The summed E-state index contributed by atoms with van der Waals surface area (Å²) in [6.07, 6.45) is 3.76. The molecule has 7 heteroatoms. The number of aromatic nitrogens is 2. The molecule has 6 nitrogen and oxygen atoms in total. The third kappa shape index (κ3) is 4.90. The molecule has 0 saturated carbocycles. The van der Waals surface area contributed by atoms with Crippen LogP contribution >= 0.6 is 0 Å². The van der Waals surface area contributed by atoms with Crippen LogP contribution in [0.4, 0.5) is 0 Å². The number of nitrogens with zero attached hydrogens (tertiary/aromatic N) is 3. The van der Waals surface area contributed by atoms with Crippen molar-refractivity contribution in [1.29, 1.82) is 0 Å². The van der Waals surface area contributed by atoms with Crippen LogP contribution in [0, 0.1) is 0 Å². The molecule has 1 N–H and O–H groups in total. The number of rotatable bonds is 9. The Morgan fingerprint density at radius 2 is 1.75 bits per heavy atom. The fourth-order valence-electron chi connectivity index (χ4n) is 2.47. The lowest BCUT2D eigenvalue weighted by Gasteiger charge is -2.21. The maximum Gasteiger partial charge on any atom is 0.281 e. The van der Waals surface area contributed by atoms with Gasteiger partial charge in [-0.25, -0.2) is 0 Å². The molecule has 0 aliphatic rings. The Morgan fingerprint density at radius 3 is 2.42 bits per heavy atom. The number of nitrogens with one attached hydrogen (secondary N) is 1. The van der Waals surface area contributed by atoms with Crippen molar-refractivity contribution < 1.29 is 8.42 Å². The number of hydrogen-bond donors (Lipinski definition) is 1. The summed E-state index contributed by atoms with van der Waals surface area (Å²) in [5, 5.41) is 7.43. The Morgan fingerprint density at radius 1 is 1.04 bits per heavy atom. The molecule has 0 aliphatic carbocycles. The van der Waals surface area contributed by atoms with E-state index in [0.717, 1.165) is 42.6 Å². The first-order valence-electron chi connectivity index (χ1n) is 8.15. The van der Waals surface area contributed by atoms with Crippen LogP contribution in [0.2, 0.25) is 0 Å². The van der Waals surface area contributed by atoms with Gasteiger partial charge in [-0.15, -0.1) is 0 Å². The van der Waals surface area contributed by atoms with E-state index in [2.05, 4.69) is 16.3 Å². The van der Waals surface area contributed by atoms with Crippen LogP contribution in [0.15, 0.2) is 36.4 Å². The molecule has 0 bridgehead atoms. The molecule has 0 amide bonds. The summed E-state index contributed by atoms with van der Waals surface area (Å²) < 4.78 is 26.4. The van der Waals surface area contributed by atoms with Gasteiger partial charge in [0.05, 0.1) is 5.69 Å². The Kier molecular flexibility index (Phi) is 6.53. The van der Waals surface area contributed by atoms with E-state index in [0.29, 0.717) is 6.54 Å². The number of aromatic amines is 1. The summed E-state index contributed by atoms with van der Waals surface area (Å²) in [5.41, 5.74) is 3.18. The van der Waals surface area contributed by atoms with Crippen molar-refractivity contribution in [2.45, 2.75) is 25.7 Å². The average molecular weight is 350 g/mol. The van der Waals surface area contributed by atoms with Crippen molar-refractivity contribution in [3.63, 3.8) is 0 Å².